The van der Waals surface area contributed by atoms with Crippen LogP contribution >= 0.6 is 0 Å². The lowest BCUT2D eigenvalue weighted by molar-refractivity contribution is 0.0341. The summed E-state index contributed by atoms with van der Waals surface area (Å²) in [6.45, 7) is 5.26. The Kier molecular flexibility index (Phi) is 3.42. The summed E-state index contributed by atoms with van der Waals surface area (Å²) in [4.78, 5) is 19.6. The normalized spacial score (nSPS) is 20.6. The Labute approximate surface area is 141 Å². The second-order valence-corrected chi connectivity index (χ2v) is 7.39. The molecule has 0 atom stereocenters. The largest absolute Gasteiger partial charge is 0.390 e. The molecule has 2 aromatic heterocycles. The number of carbonyl (C=O) groups is 1. The number of aryl methyl sites for hydroxylation is 3. The van der Waals surface area contributed by atoms with Gasteiger partial charge in [-0.15, -0.1) is 0 Å². The third-order valence-corrected chi connectivity index (χ3v) is 5.63. The Morgan fingerprint density at radius 1 is 1.29 bits per heavy atom. The van der Waals surface area contributed by atoms with Crippen molar-refractivity contribution in [2.24, 2.45) is 13.0 Å². The number of likely N-dealkylation sites (tertiary alicyclic amines) is 1. The van der Waals surface area contributed by atoms with E-state index in [0.717, 1.165) is 48.1 Å². The zero-order valence-electron chi connectivity index (χ0n) is 14.5. The fourth-order valence-corrected chi connectivity index (χ4v) is 4.07. The molecule has 4 rings (SSSR count). The van der Waals surface area contributed by atoms with Gasteiger partial charge in [-0.25, -0.2) is 4.98 Å². The number of carbonyl (C=O) groups excluding carboxylic acids is 1. The van der Waals surface area contributed by atoms with Crippen LogP contribution in [-0.2, 0) is 7.05 Å². The van der Waals surface area contributed by atoms with Gasteiger partial charge in [0.2, 0.25) is 0 Å². The highest BCUT2D eigenvalue weighted by atomic mass is 16.3. The number of piperidine rings is 1. The number of aliphatic hydroxyl groups is 1. The van der Waals surface area contributed by atoms with E-state index in [1.165, 1.54) is 0 Å². The number of amides is 1. The van der Waals surface area contributed by atoms with Crippen LogP contribution in [0, 0.1) is 19.8 Å². The smallest absolute Gasteiger partial charge is 0.254 e. The monoisotopic (exact) mass is 328 g/mol. The Morgan fingerprint density at radius 2 is 1.96 bits per heavy atom. The van der Waals surface area contributed by atoms with Crippen LogP contribution < -0.4 is 0 Å². The minimum atomic E-state index is -0.435. The molecule has 0 unspecified atom stereocenters. The molecule has 1 saturated carbocycles. The number of nitrogens with zero attached hydrogens (tertiary/aromatic N) is 4. The van der Waals surface area contributed by atoms with Crippen LogP contribution in [0.15, 0.2) is 6.07 Å². The maximum Gasteiger partial charge on any atom is 0.254 e. The predicted molar refractivity (Wildman–Crippen MR) is 90.8 cm³/mol. The van der Waals surface area contributed by atoms with Crippen LogP contribution in [0.4, 0.5) is 0 Å². The van der Waals surface area contributed by atoms with Crippen LogP contribution in [0.2, 0.25) is 0 Å². The predicted octanol–water partition coefficient (Wildman–Crippen LogP) is 1.96. The quantitative estimate of drug-likeness (QED) is 0.915. The van der Waals surface area contributed by atoms with Gasteiger partial charge in [0.1, 0.15) is 0 Å². The summed E-state index contributed by atoms with van der Waals surface area (Å²) in [6.07, 6.45) is 3.62. The van der Waals surface area contributed by atoms with Gasteiger partial charge in [-0.2, -0.15) is 5.10 Å². The van der Waals surface area contributed by atoms with Gasteiger partial charge in [-0.05, 0) is 51.5 Å². The third-order valence-electron chi connectivity index (χ3n) is 5.63. The van der Waals surface area contributed by atoms with E-state index >= 15 is 0 Å². The summed E-state index contributed by atoms with van der Waals surface area (Å²) >= 11 is 0. The molecule has 24 heavy (non-hydrogen) atoms. The minimum Gasteiger partial charge on any atom is -0.390 e. The number of hydrogen-bond donors (Lipinski definition) is 1. The molecule has 2 aromatic rings. The van der Waals surface area contributed by atoms with E-state index in [1.54, 1.807) is 4.68 Å². The molecule has 0 aromatic carbocycles. The number of aromatic nitrogens is 3. The van der Waals surface area contributed by atoms with E-state index in [-0.39, 0.29) is 5.91 Å². The molecule has 1 saturated heterocycles. The maximum atomic E-state index is 13.1. The molecular weight excluding hydrogens is 304 g/mol. The molecule has 2 fully saturated rings. The lowest BCUT2D eigenvalue weighted by Gasteiger charge is -2.34. The van der Waals surface area contributed by atoms with E-state index in [1.807, 2.05) is 31.9 Å². The topological polar surface area (TPSA) is 71.2 Å². The van der Waals surface area contributed by atoms with Crippen molar-refractivity contribution in [1.29, 1.82) is 0 Å². The van der Waals surface area contributed by atoms with E-state index in [2.05, 4.69) is 10.1 Å². The molecule has 128 valence electrons. The Bertz CT molecular complexity index is 814. The first-order valence-electron chi connectivity index (χ1n) is 8.72. The highest BCUT2D eigenvalue weighted by Crippen LogP contribution is 2.46. The van der Waals surface area contributed by atoms with Crippen LogP contribution in [0.25, 0.3) is 11.0 Å². The highest BCUT2D eigenvalue weighted by molar-refractivity contribution is 6.06. The molecule has 1 N–H and O–H groups in total. The first kappa shape index (κ1) is 15.6. The molecule has 1 aliphatic heterocycles. The van der Waals surface area contributed by atoms with Crippen molar-refractivity contribution >= 4 is 16.9 Å². The minimum absolute atomic E-state index is 0.0582. The van der Waals surface area contributed by atoms with Crippen molar-refractivity contribution in [2.45, 2.75) is 45.1 Å². The maximum absolute atomic E-state index is 13.1. The van der Waals surface area contributed by atoms with E-state index in [4.69, 9.17) is 0 Å². The molecular formula is C18H24N4O2. The van der Waals surface area contributed by atoms with E-state index in [9.17, 15) is 9.90 Å². The van der Waals surface area contributed by atoms with Crippen molar-refractivity contribution < 1.29 is 9.90 Å². The molecule has 6 nitrogen and oxygen atoms in total. The number of fused-ring (bicyclic) bond motifs is 1. The Hall–Kier alpha value is -1.95. The molecule has 1 aliphatic carbocycles. The van der Waals surface area contributed by atoms with Crippen molar-refractivity contribution in [3.8, 4) is 0 Å². The standard InChI is InChI=1S/C18H24N4O2/c1-11-10-14(15-12(2)20-21(3)16(15)19-11)17(23)22-8-4-13(5-9-22)18(24)6-7-18/h10,13,24H,4-9H2,1-3H3. The molecule has 6 heteroatoms. The summed E-state index contributed by atoms with van der Waals surface area (Å²) in [6, 6.07) is 1.87. The fourth-order valence-electron chi connectivity index (χ4n) is 4.07. The van der Waals surface area contributed by atoms with Crippen molar-refractivity contribution in [1.82, 2.24) is 19.7 Å². The second-order valence-electron chi connectivity index (χ2n) is 7.39. The summed E-state index contributed by atoms with van der Waals surface area (Å²) in [5.41, 5.74) is 2.70. The van der Waals surface area contributed by atoms with Crippen LogP contribution in [-0.4, -0.2) is 49.4 Å². The molecule has 0 radical (unpaired) electrons. The van der Waals surface area contributed by atoms with Gasteiger partial charge in [-0.3, -0.25) is 9.48 Å². The van der Waals surface area contributed by atoms with Gasteiger partial charge in [-0.1, -0.05) is 0 Å². The summed E-state index contributed by atoms with van der Waals surface area (Å²) in [5.74, 6) is 0.406. The van der Waals surface area contributed by atoms with E-state index < -0.39 is 5.60 Å². The number of rotatable bonds is 2. The molecule has 0 spiro atoms. The van der Waals surface area contributed by atoms with Gasteiger partial charge in [0.25, 0.3) is 5.91 Å². The molecule has 2 aliphatic rings. The van der Waals surface area contributed by atoms with Gasteiger partial charge in [0.05, 0.1) is 22.2 Å². The van der Waals surface area contributed by atoms with Crippen molar-refractivity contribution in [3.05, 3.63) is 23.0 Å². The SMILES string of the molecule is Cc1cc(C(=O)N2CCC(C3(O)CC3)CC2)c2c(C)nn(C)c2n1. The van der Waals surface area contributed by atoms with Gasteiger partial charge in [0.15, 0.2) is 5.65 Å². The number of pyridine rings is 1. The fraction of sp³-hybridized carbons (Fsp3) is 0.611. The summed E-state index contributed by atoms with van der Waals surface area (Å²) in [5, 5.41) is 15.6. The van der Waals surface area contributed by atoms with Gasteiger partial charge < -0.3 is 10.0 Å². The van der Waals surface area contributed by atoms with Crippen molar-refractivity contribution in [3.63, 3.8) is 0 Å². The average Bonchev–Trinajstić information content (AvgIpc) is 3.25. The average molecular weight is 328 g/mol. The van der Waals surface area contributed by atoms with Crippen LogP contribution in [0.3, 0.4) is 0 Å². The first-order chi connectivity index (χ1) is 11.4. The summed E-state index contributed by atoms with van der Waals surface area (Å²) in [7, 11) is 1.86. The first-order valence-corrected chi connectivity index (χ1v) is 8.72. The lowest BCUT2D eigenvalue weighted by Crippen LogP contribution is -2.42. The third kappa shape index (κ3) is 2.40. The Morgan fingerprint density at radius 3 is 2.58 bits per heavy atom. The Balaban J connectivity index is 1.62. The van der Waals surface area contributed by atoms with Crippen LogP contribution in [0.1, 0.15) is 47.4 Å². The van der Waals surface area contributed by atoms with Gasteiger partial charge >= 0.3 is 0 Å². The lowest BCUT2D eigenvalue weighted by atomic mass is 9.89. The molecule has 3 heterocycles. The highest BCUT2D eigenvalue weighted by Gasteiger charge is 2.48. The second kappa shape index (κ2) is 5.28. The number of hydrogen-bond acceptors (Lipinski definition) is 4. The zero-order chi connectivity index (χ0) is 17.1. The van der Waals surface area contributed by atoms with E-state index in [0.29, 0.717) is 24.6 Å². The molecule has 1 amide bonds. The zero-order valence-corrected chi connectivity index (χ0v) is 14.5. The van der Waals surface area contributed by atoms with Crippen LogP contribution in [0.5, 0.6) is 0 Å². The van der Waals surface area contributed by atoms with Crippen molar-refractivity contribution in [2.75, 3.05) is 13.1 Å². The summed E-state index contributed by atoms with van der Waals surface area (Å²) < 4.78 is 1.74. The molecule has 0 bridgehead atoms. The van der Waals surface area contributed by atoms with Gasteiger partial charge in [0, 0.05) is 25.8 Å².